The summed E-state index contributed by atoms with van der Waals surface area (Å²) in [5.74, 6) is -2.38. The van der Waals surface area contributed by atoms with Crippen molar-refractivity contribution in [2.24, 2.45) is 0 Å². The van der Waals surface area contributed by atoms with E-state index in [4.69, 9.17) is 15.3 Å². The van der Waals surface area contributed by atoms with Crippen LogP contribution >= 0.6 is 0 Å². The lowest BCUT2D eigenvalue weighted by atomic mass is 10.1. The van der Waals surface area contributed by atoms with E-state index in [-0.39, 0.29) is 0 Å². The highest BCUT2D eigenvalue weighted by Gasteiger charge is 2.26. The molecular formula is C5H8O5. The van der Waals surface area contributed by atoms with Crippen LogP contribution in [0, 0.1) is 0 Å². The normalized spacial score (nSPS) is 15.9. The molecule has 0 radical (unpaired) electrons. The Balaban J connectivity index is 4.07. The fourth-order valence-electron chi connectivity index (χ4n) is 0.357. The van der Waals surface area contributed by atoms with Gasteiger partial charge in [0.1, 0.15) is 6.10 Å². The zero-order chi connectivity index (χ0) is 8.31. The van der Waals surface area contributed by atoms with Gasteiger partial charge in [-0.3, -0.25) is 4.79 Å². The van der Waals surface area contributed by atoms with Crippen LogP contribution in [0.4, 0.5) is 0 Å². The number of carboxylic acid groups (broad SMARTS) is 1. The van der Waals surface area contributed by atoms with Gasteiger partial charge >= 0.3 is 5.97 Å². The quantitative estimate of drug-likeness (QED) is 0.447. The van der Waals surface area contributed by atoms with E-state index >= 15 is 0 Å². The van der Waals surface area contributed by atoms with Gasteiger partial charge in [-0.15, -0.1) is 0 Å². The van der Waals surface area contributed by atoms with Gasteiger partial charge in [-0.2, -0.15) is 0 Å². The number of aliphatic hydroxyl groups is 2. The number of aliphatic hydroxyl groups excluding tert-OH is 2. The Morgan fingerprint density at radius 1 is 1.20 bits per heavy atom. The average molecular weight is 148 g/mol. The molecule has 0 saturated heterocycles. The lowest BCUT2D eigenvalue weighted by Gasteiger charge is -2.08. The van der Waals surface area contributed by atoms with Gasteiger partial charge in [0.2, 0.25) is 0 Å². The number of carbonyl (C=O) groups excluding carboxylic acids is 1. The monoisotopic (exact) mass is 148 g/mol. The largest absolute Gasteiger partial charge is 0.479 e. The van der Waals surface area contributed by atoms with Crippen molar-refractivity contribution in [3.63, 3.8) is 0 Å². The van der Waals surface area contributed by atoms with E-state index < -0.39 is 24.0 Å². The third kappa shape index (κ3) is 2.12. The summed E-state index contributed by atoms with van der Waals surface area (Å²) in [7, 11) is 0. The number of rotatable bonds is 3. The first kappa shape index (κ1) is 9.06. The fourth-order valence-corrected chi connectivity index (χ4v) is 0.357. The standard InChI is InChI=1S/C5H8O5/c1-2(6)3(7)4(8)5(9)10/h3-4,7-8H,1H3,(H,9,10)/t3-,4+/m1/s1. The second kappa shape index (κ2) is 3.28. The summed E-state index contributed by atoms with van der Waals surface area (Å²) in [4.78, 5) is 20.1. The molecule has 0 aromatic heterocycles. The smallest absolute Gasteiger partial charge is 0.335 e. The molecule has 0 aromatic carbocycles. The molecule has 0 amide bonds. The Morgan fingerprint density at radius 2 is 1.60 bits per heavy atom. The van der Waals surface area contributed by atoms with Gasteiger partial charge in [0, 0.05) is 0 Å². The van der Waals surface area contributed by atoms with Crippen molar-refractivity contribution in [2.75, 3.05) is 0 Å². The first-order chi connectivity index (χ1) is 4.46. The van der Waals surface area contributed by atoms with Gasteiger partial charge in [0.25, 0.3) is 0 Å². The lowest BCUT2D eigenvalue weighted by molar-refractivity contribution is -0.156. The zero-order valence-electron chi connectivity index (χ0n) is 5.31. The number of ketones is 1. The third-order valence-corrected chi connectivity index (χ3v) is 0.969. The lowest BCUT2D eigenvalue weighted by Crippen LogP contribution is -2.38. The van der Waals surface area contributed by atoms with E-state index in [2.05, 4.69) is 0 Å². The van der Waals surface area contributed by atoms with Crippen LogP contribution in [0.2, 0.25) is 0 Å². The molecular weight excluding hydrogens is 140 g/mol. The molecule has 0 bridgehead atoms. The van der Waals surface area contributed by atoms with Crippen LogP contribution in [0.25, 0.3) is 0 Å². The summed E-state index contributed by atoms with van der Waals surface area (Å²) in [6.45, 7) is 0.997. The minimum Gasteiger partial charge on any atom is -0.479 e. The molecule has 0 spiro atoms. The van der Waals surface area contributed by atoms with Crippen LogP contribution in [-0.2, 0) is 9.59 Å². The molecule has 5 nitrogen and oxygen atoms in total. The van der Waals surface area contributed by atoms with Crippen molar-refractivity contribution in [1.82, 2.24) is 0 Å². The van der Waals surface area contributed by atoms with E-state index in [1.807, 2.05) is 0 Å². The number of aliphatic carboxylic acids is 1. The van der Waals surface area contributed by atoms with Crippen LogP contribution in [0.1, 0.15) is 6.92 Å². The summed E-state index contributed by atoms with van der Waals surface area (Å²) in [6, 6.07) is 0. The van der Waals surface area contributed by atoms with Crippen LogP contribution < -0.4 is 0 Å². The number of carboxylic acids is 1. The predicted molar refractivity (Wildman–Crippen MR) is 30.3 cm³/mol. The van der Waals surface area contributed by atoms with Gasteiger partial charge in [-0.1, -0.05) is 0 Å². The molecule has 10 heavy (non-hydrogen) atoms. The van der Waals surface area contributed by atoms with Gasteiger partial charge < -0.3 is 15.3 Å². The van der Waals surface area contributed by atoms with E-state index in [1.54, 1.807) is 0 Å². The van der Waals surface area contributed by atoms with Crippen LogP contribution in [0.5, 0.6) is 0 Å². The second-order valence-corrected chi connectivity index (χ2v) is 1.84. The van der Waals surface area contributed by atoms with E-state index in [1.165, 1.54) is 0 Å². The van der Waals surface area contributed by atoms with Gasteiger partial charge in [-0.25, -0.2) is 4.79 Å². The molecule has 2 atom stereocenters. The molecule has 0 fully saturated rings. The fraction of sp³-hybridized carbons (Fsp3) is 0.600. The highest BCUT2D eigenvalue weighted by molar-refractivity contribution is 5.87. The number of Topliss-reactive ketones (excluding diaryl/α,β-unsaturated/α-hetero) is 1. The highest BCUT2D eigenvalue weighted by atomic mass is 16.4. The van der Waals surface area contributed by atoms with Gasteiger partial charge in [0.05, 0.1) is 0 Å². The predicted octanol–water partition coefficient (Wildman–Crippen LogP) is -1.62. The maximum Gasteiger partial charge on any atom is 0.335 e. The molecule has 0 heterocycles. The van der Waals surface area contributed by atoms with Gasteiger partial charge in [0.15, 0.2) is 11.9 Å². The molecule has 0 rings (SSSR count). The first-order valence-electron chi connectivity index (χ1n) is 2.56. The molecule has 5 heteroatoms. The molecule has 0 aromatic rings. The molecule has 0 aliphatic rings. The van der Waals surface area contributed by atoms with Crippen LogP contribution in [-0.4, -0.2) is 39.3 Å². The summed E-state index contributed by atoms with van der Waals surface area (Å²) in [5.41, 5.74) is 0. The second-order valence-electron chi connectivity index (χ2n) is 1.84. The van der Waals surface area contributed by atoms with Crippen molar-refractivity contribution in [2.45, 2.75) is 19.1 Å². The Kier molecular flexibility index (Phi) is 2.98. The maximum absolute atomic E-state index is 10.2. The van der Waals surface area contributed by atoms with Crippen LogP contribution in [0.15, 0.2) is 0 Å². The Bertz CT molecular complexity index is 134. The summed E-state index contributed by atoms with van der Waals surface area (Å²) in [6.07, 6.45) is -3.84. The highest BCUT2D eigenvalue weighted by Crippen LogP contribution is 1.93. The Morgan fingerprint density at radius 3 is 1.70 bits per heavy atom. The molecule has 0 unspecified atom stereocenters. The summed E-state index contributed by atoms with van der Waals surface area (Å²) >= 11 is 0. The minimum absolute atomic E-state index is 0.769. The van der Waals surface area contributed by atoms with Crippen molar-refractivity contribution >= 4 is 11.8 Å². The first-order valence-corrected chi connectivity index (χ1v) is 2.56. The van der Waals surface area contributed by atoms with E-state index in [0.29, 0.717) is 0 Å². The third-order valence-electron chi connectivity index (χ3n) is 0.969. The van der Waals surface area contributed by atoms with Crippen molar-refractivity contribution in [3.8, 4) is 0 Å². The van der Waals surface area contributed by atoms with Crippen molar-refractivity contribution < 1.29 is 24.9 Å². The van der Waals surface area contributed by atoms with E-state index in [0.717, 1.165) is 6.92 Å². The molecule has 0 saturated carbocycles. The van der Waals surface area contributed by atoms with Gasteiger partial charge in [-0.05, 0) is 6.92 Å². The summed E-state index contributed by atoms with van der Waals surface area (Å²) in [5, 5.41) is 25.1. The van der Waals surface area contributed by atoms with Crippen molar-refractivity contribution in [1.29, 1.82) is 0 Å². The Hall–Kier alpha value is -0.940. The number of carbonyl (C=O) groups is 2. The molecule has 0 aliphatic carbocycles. The minimum atomic E-state index is -2.02. The Labute approximate surface area is 56.9 Å². The summed E-state index contributed by atoms with van der Waals surface area (Å²) < 4.78 is 0. The average Bonchev–Trinajstić information content (AvgIpc) is 1.84. The van der Waals surface area contributed by atoms with Crippen molar-refractivity contribution in [3.05, 3.63) is 0 Å². The van der Waals surface area contributed by atoms with E-state index in [9.17, 15) is 9.59 Å². The zero-order valence-corrected chi connectivity index (χ0v) is 5.31. The molecule has 58 valence electrons. The SMILES string of the molecule is CC(=O)[C@@H](O)[C@H](O)C(=O)O. The molecule has 3 N–H and O–H groups in total. The molecule has 0 aliphatic heterocycles. The number of hydrogen-bond donors (Lipinski definition) is 3. The number of hydrogen-bond acceptors (Lipinski definition) is 4. The van der Waals surface area contributed by atoms with Crippen LogP contribution in [0.3, 0.4) is 0 Å². The maximum atomic E-state index is 10.2. The topological polar surface area (TPSA) is 94.8 Å².